The Morgan fingerprint density at radius 3 is 2.50 bits per heavy atom. The molecule has 5 nitrogen and oxygen atoms in total. The van der Waals surface area contributed by atoms with Gasteiger partial charge in [-0.3, -0.25) is 4.79 Å². The Labute approximate surface area is 167 Å². The van der Waals surface area contributed by atoms with Gasteiger partial charge in [-0.05, 0) is 42.0 Å². The van der Waals surface area contributed by atoms with Crippen molar-refractivity contribution in [2.24, 2.45) is 5.92 Å². The van der Waals surface area contributed by atoms with E-state index in [1.807, 2.05) is 28.1 Å². The highest BCUT2D eigenvalue weighted by molar-refractivity contribution is 7.89. The fraction of sp³-hybridized carbons (Fsp3) is 0.286. The number of aromatic nitrogens is 1. The number of hydrogen-bond acceptors (Lipinski definition) is 4. The first kappa shape index (κ1) is 17.8. The first-order valence-corrected chi connectivity index (χ1v) is 11.7. The molecule has 0 unspecified atom stereocenters. The standard InChI is InChI=1S/C21H20N2O3S2/c24-20-9-8-18(19-7-4-10-27-19)21-16-11-15(13-23(20)21)12-22(14-16)28(25,26)17-5-2-1-3-6-17/h1-10,15-16H,11-14H2/t15-,16-/m1/s1. The quantitative estimate of drug-likeness (QED) is 0.663. The second-order valence-corrected chi connectivity index (χ2v) is 10.4. The highest BCUT2D eigenvalue weighted by Gasteiger charge is 2.40. The van der Waals surface area contributed by atoms with Crippen molar-refractivity contribution >= 4 is 21.4 Å². The van der Waals surface area contributed by atoms with E-state index in [1.54, 1.807) is 46.0 Å². The number of hydrogen-bond donors (Lipinski definition) is 0. The van der Waals surface area contributed by atoms with Crippen LogP contribution in [0.15, 0.2) is 69.7 Å². The van der Waals surface area contributed by atoms with E-state index in [-0.39, 0.29) is 17.4 Å². The first-order chi connectivity index (χ1) is 13.5. The van der Waals surface area contributed by atoms with Gasteiger partial charge in [-0.2, -0.15) is 4.31 Å². The molecule has 4 heterocycles. The molecule has 3 aromatic rings. The molecule has 0 spiro atoms. The molecule has 2 aromatic heterocycles. The van der Waals surface area contributed by atoms with Crippen LogP contribution < -0.4 is 5.56 Å². The van der Waals surface area contributed by atoms with Gasteiger partial charge in [-0.1, -0.05) is 24.3 Å². The van der Waals surface area contributed by atoms with Crippen LogP contribution in [0.1, 0.15) is 18.0 Å². The number of fused-ring (bicyclic) bond motifs is 4. The van der Waals surface area contributed by atoms with Gasteiger partial charge in [-0.25, -0.2) is 8.42 Å². The molecule has 28 heavy (non-hydrogen) atoms. The summed E-state index contributed by atoms with van der Waals surface area (Å²) in [5.41, 5.74) is 2.04. The van der Waals surface area contributed by atoms with Gasteiger partial charge in [0.15, 0.2) is 0 Å². The molecular formula is C21H20N2O3S2. The fourth-order valence-corrected chi connectivity index (χ4v) is 6.89. The van der Waals surface area contributed by atoms with Crippen molar-refractivity contribution in [1.29, 1.82) is 0 Å². The molecule has 0 saturated carbocycles. The Bertz CT molecular complexity index is 1170. The van der Waals surface area contributed by atoms with Crippen LogP contribution in [0, 0.1) is 5.92 Å². The molecule has 0 radical (unpaired) electrons. The zero-order chi connectivity index (χ0) is 19.3. The van der Waals surface area contributed by atoms with Crippen LogP contribution in [-0.4, -0.2) is 30.4 Å². The van der Waals surface area contributed by atoms with Crippen molar-refractivity contribution in [1.82, 2.24) is 8.87 Å². The van der Waals surface area contributed by atoms with Gasteiger partial charge in [0.1, 0.15) is 0 Å². The third kappa shape index (κ3) is 2.85. The summed E-state index contributed by atoms with van der Waals surface area (Å²) < 4.78 is 29.8. The molecule has 0 N–H and O–H groups in total. The SMILES string of the molecule is O=c1ccc(-c2cccs2)c2n1C[C@@H]1C[C@@H]2CN(S(=O)(=O)c2ccccc2)C1. The predicted octanol–water partition coefficient (Wildman–Crippen LogP) is 3.38. The lowest BCUT2D eigenvalue weighted by Crippen LogP contribution is -2.49. The van der Waals surface area contributed by atoms with Gasteiger partial charge in [0.05, 0.1) is 4.90 Å². The maximum atomic E-state index is 13.2. The van der Waals surface area contributed by atoms with Crippen molar-refractivity contribution < 1.29 is 8.42 Å². The maximum absolute atomic E-state index is 13.2. The number of sulfonamides is 1. The number of thiophene rings is 1. The van der Waals surface area contributed by atoms with Crippen molar-refractivity contribution in [2.75, 3.05) is 13.1 Å². The second-order valence-electron chi connectivity index (χ2n) is 7.49. The van der Waals surface area contributed by atoms with Crippen molar-refractivity contribution in [3.05, 3.63) is 76.0 Å². The lowest BCUT2D eigenvalue weighted by Gasteiger charge is -2.42. The van der Waals surface area contributed by atoms with Gasteiger partial charge in [0.2, 0.25) is 10.0 Å². The van der Waals surface area contributed by atoms with Crippen LogP contribution in [0.4, 0.5) is 0 Å². The fourth-order valence-electron chi connectivity index (χ4n) is 4.55. The van der Waals surface area contributed by atoms with Crippen molar-refractivity contribution in [2.45, 2.75) is 23.8 Å². The molecule has 1 fully saturated rings. The maximum Gasteiger partial charge on any atom is 0.250 e. The normalized spacial score (nSPS) is 22.0. The third-order valence-electron chi connectivity index (χ3n) is 5.72. The number of pyridine rings is 1. The van der Waals surface area contributed by atoms with Gasteiger partial charge in [-0.15, -0.1) is 11.3 Å². The summed E-state index contributed by atoms with van der Waals surface area (Å²) in [6.45, 7) is 1.45. The molecule has 2 aliphatic heterocycles. The summed E-state index contributed by atoms with van der Waals surface area (Å²) >= 11 is 1.64. The minimum Gasteiger partial charge on any atom is -0.311 e. The highest BCUT2D eigenvalue weighted by atomic mass is 32.2. The Hall–Kier alpha value is -2.22. The Morgan fingerprint density at radius 1 is 0.929 bits per heavy atom. The van der Waals surface area contributed by atoms with Gasteiger partial charge in [0, 0.05) is 47.8 Å². The number of nitrogens with zero attached hydrogens (tertiary/aromatic N) is 2. The third-order valence-corrected chi connectivity index (χ3v) is 8.47. The summed E-state index contributed by atoms with van der Waals surface area (Å²) in [7, 11) is -3.53. The average Bonchev–Trinajstić information content (AvgIpc) is 3.24. The van der Waals surface area contributed by atoms with E-state index >= 15 is 0 Å². The summed E-state index contributed by atoms with van der Waals surface area (Å²) in [4.78, 5) is 14.0. The second kappa shape index (κ2) is 6.69. The van der Waals surface area contributed by atoms with Crippen LogP contribution in [0.5, 0.6) is 0 Å². The topological polar surface area (TPSA) is 59.4 Å². The Balaban J connectivity index is 1.58. The monoisotopic (exact) mass is 412 g/mol. The Morgan fingerprint density at radius 2 is 1.75 bits per heavy atom. The Kier molecular flexibility index (Phi) is 4.26. The van der Waals surface area contributed by atoms with Crippen LogP contribution in [-0.2, 0) is 16.6 Å². The molecule has 2 atom stereocenters. The van der Waals surface area contributed by atoms with E-state index in [0.29, 0.717) is 24.5 Å². The van der Waals surface area contributed by atoms with E-state index in [0.717, 1.165) is 22.6 Å². The van der Waals surface area contributed by atoms with E-state index in [2.05, 4.69) is 6.07 Å². The smallest absolute Gasteiger partial charge is 0.250 e. The summed E-state index contributed by atoms with van der Waals surface area (Å²) in [5, 5.41) is 2.02. The average molecular weight is 413 g/mol. The molecule has 5 rings (SSSR count). The molecule has 1 aromatic carbocycles. The zero-order valence-corrected chi connectivity index (χ0v) is 16.8. The molecule has 0 amide bonds. The van der Waals surface area contributed by atoms with Crippen LogP contribution >= 0.6 is 11.3 Å². The molecule has 2 bridgehead atoms. The molecule has 1 saturated heterocycles. The minimum atomic E-state index is -3.53. The first-order valence-electron chi connectivity index (χ1n) is 9.37. The van der Waals surface area contributed by atoms with E-state index in [9.17, 15) is 13.2 Å². The lowest BCUT2D eigenvalue weighted by atomic mass is 9.82. The number of rotatable bonds is 3. The summed E-state index contributed by atoms with van der Waals surface area (Å²) in [6, 6.07) is 16.2. The lowest BCUT2D eigenvalue weighted by molar-refractivity contribution is 0.187. The minimum absolute atomic E-state index is 0.00405. The van der Waals surface area contributed by atoms with Gasteiger partial charge in [0.25, 0.3) is 5.56 Å². The largest absolute Gasteiger partial charge is 0.311 e. The summed E-state index contributed by atoms with van der Waals surface area (Å²) in [6.07, 6.45) is 0.919. The number of piperidine rings is 1. The molecule has 2 aliphatic rings. The van der Waals surface area contributed by atoms with Crippen LogP contribution in [0.25, 0.3) is 10.4 Å². The molecule has 144 valence electrons. The van der Waals surface area contributed by atoms with Crippen molar-refractivity contribution in [3.8, 4) is 10.4 Å². The van der Waals surface area contributed by atoms with Crippen LogP contribution in [0.3, 0.4) is 0 Å². The molecule has 0 aliphatic carbocycles. The van der Waals surface area contributed by atoms with Gasteiger partial charge < -0.3 is 4.57 Å². The van der Waals surface area contributed by atoms with Crippen molar-refractivity contribution in [3.63, 3.8) is 0 Å². The highest BCUT2D eigenvalue weighted by Crippen LogP contribution is 2.42. The van der Waals surface area contributed by atoms with E-state index in [1.165, 1.54) is 0 Å². The van der Waals surface area contributed by atoms with Gasteiger partial charge >= 0.3 is 0 Å². The summed E-state index contributed by atoms with van der Waals surface area (Å²) in [5.74, 6) is 0.179. The molecule has 7 heteroatoms. The molecular weight excluding hydrogens is 392 g/mol. The number of benzene rings is 1. The van der Waals surface area contributed by atoms with E-state index < -0.39 is 10.0 Å². The van der Waals surface area contributed by atoms with E-state index in [4.69, 9.17) is 0 Å². The zero-order valence-electron chi connectivity index (χ0n) is 15.2. The van der Waals surface area contributed by atoms with Crippen LogP contribution in [0.2, 0.25) is 0 Å². The predicted molar refractivity (Wildman–Crippen MR) is 110 cm³/mol.